The Morgan fingerprint density at radius 1 is 1.27 bits per heavy atom. The molecule has 2 fully saturated rings. The van der Waals surface area contributed by atoms with Gasteiger partial charge >= 0.3 is 0 Å². The zero-order valence-electron chi connectivity index (χ0n) is 10.3. The number of hydrogen-bond acceptors (Lipinski definition) is 2. The van der Waals surface area contributed by atoms with E-state index in [0.29, 0.717) is 0 Å². The third kappa shape index (κ3) is 3.18. The molecular formula is C13H26N2. The standard InChI is InChI=1S/C13H26N2/c1-11-7-8-15(10-11)12(2)9-14-13-5-3-4-6-13/h11-14H,3-10H2,1-2H3. The first-order valence-corrected chi connectivity index (χ1v) is 6.73. The first kappa shape index (κ1) is 11.4. The number of nitrogens with zero attached hydrogens (tertiary/aromatic N) is 1. The molecular weight excluding hydrogens is 184 g/mol. The molecule has 1 aliphatic carbocycles. The molecule has 1 aliphatic heterocycles. The lowest BCUT2D eigenvalue weighted by molar-refractivity contribution is 0.239. The van der Waals surface area contributed by atoms with Gasteiger partial charge in [0, 0.05) is 25.2 Å². The number of likely N-dealkylation sites (tertiary alicyclic amines) is 1. The fraction of sp³-hybridized carbons (Fsp3) is 1.00. The molecule has 2 aliphatic rings. The summed E-state index contributed by atoms with van der Waals surface area (Å²) >= 11 is 0. The minimum atomic E-state index is 0.732. The summed E-state index contributed by atoms with van der Waals surface area (Å²) in [7, 11) is 0. The highest BCUT2D eigenvalue weighted by Gasteiger charge is 2.23. The van der Waals surface area contributed by atoms with Crippen LogP contribution in [0.3, 0.4) is 0 Å². The molecule has 0 spiro atoms. The van der Waals surface area contributed by atoms with Crippen LogP contribution in [0.15, 0.2) is 0 Å². The number of hydrogen-bond donors (Lipinski definition) is 1. The van der Waals surface area contributed by atoms with Gasteiger partial charge in [0.25, 0.3) is 0 Å². The van der Waals surface area contributed by atoms with Crippen molar-refractivity contribution in [1.29, 1.82) is 0 Å². The van der Waals surface area contributed by atoms with Crippen molar-refractivity contribution in [3.8, 4) is 0 Å². The molecule has 2 atom stereocenters. The van der Waals surface area contributed by atoms with E-state index in [9.17, 15) is 0 Å². The quantitative estimate of drug-likeness (QED) is 0.765. The summed E-state index contributed by atoms with van der Waals surface area (Å²) in [5, 5.41) is 3.73. The minimum absolute atomic E-state index is 0.732. The van der Waals surface area contributed by atoms with Crippen molar-refractivity contribution in [2.24, 2.45) is 5.92 Å². The van der Waals surface area contributed by atoms with Gasteiger partial charge in [-0.15, -0.1) is 0 Å². The highest BCUT2D eigenvalue weighted by molar-refractivity contribution is 4.81. The van der Waals surface area contributed by atoms with Gasteiger partial charge in [0.1, 0.15) is 0 Å². The fourth-order valence-corrected chi connectivity index (χ4v) is 2.97. The van der Waals surface area contributed by atoms with Crippen molar-refractivity contribution in [1.82, 2.24) is 10.2 Å². The average molecular weight is 210 g/mol. The van der Waals surface area contributed by atoms with Gasteiger partial charge in [0.05, 0.1) is 0 Å². The Balaban J connectivity index is 1.65. The van der Waals surface area contributed by atoms with E-state index < -0.39 is 0 Å². The molecule has 88 valence electrons. The van der Waals surface area contributed by atoms with Crippen LogP contribution in [-0.4, -0.2) is 36.6 Å². The Bertz CT molecular complexity index is 187. The molecule has 2 rings (SSSR count). The highest BCUT2D eigenvalue weighted by atomic mass is 15.2. The van der Waals surface area contributed by atoms with Gasteiger partial charge in [-0.3, -0.25) is 4.90 Å². The zero-order chi connectivity index (χ0) is 10.7. The summed E-state index contributed by atoms with van der Waals surface area (Å²) in [4.78, 5) is 2.65. The van der Waals surface area contributed by atoms with E-state index in [0.717, 1.165) is 18.0 Å². The largest absolute Gasteiger partial charge is 0.312 e. The van der Waals surface area contributed by atoms with Crippen LogP contribution in [0.25, 0.3) is 0 Å². The Morgan fingerprint density at radius 2 is 2.00 bits per heavy atom. The van der Waals surface area contributed by atoms with Crippen molar-refractivity contribution in [2.45, 2.75) is 58.0 Å². The van der Waals surface area contributed by atoms with Gasteiger partial charge < -0.3 is 5.32 Å². The van der Waals surface area contributed by atoms with Crippen LogP contribution in [0, 0.1) is 5.92 Å². The normalized spacial score (nSPS) is 31.2. The smallest absolute Gasteiger partial charge is 0.0192 e. The molecule has 15 heavy (non-hydrogen) atoms. The van der Waals surface area contributed by atoms with Crippen molar-refractivity contribution in [3.05, 3.63) is 0 Å². The Kier molecular flexibility index (Phi) is 4.04. The van der Waals surface area contributed by atoms with E-state index in [1.807, 2.05) is 0 Å². The Morgan fingerprint density at radius 3 is 2.60 bits per heavy atom. The van der Waals surface area contributed by atoms with Gasteiger partial charge in [0.15, 0.2) is 0 Å². The van der Waals surface area contributed by atoms with Crippen LogP contribution in [0.4, 0.5) is 0 Å². The van der Waals surface area contributed by atoms with Crippen LogP contribution in [0.1, 0.15) is 46.0 Å². The van der Waals surface area contributed by atoms with Gasteiger partial charge in [-0.05, 0) is 38.6 Å². The lowest BCUT2D eigenvalue weighted by atomic mass is 10.2. The SMILES string of the molecule is CC1CCN(C(C)CNC2CCCC2)C1. The maximum absolute atomic E-state index is 3.73. The molecule has 2 unspecified atom stereocenters. The molecule has 0 aromatic rings. The average Bonchev–Trinajstić information content (AvgIpc) is 2.84. The molecule has 0 radical (unpaired) electrons. The lowest BCUT2D eigenvalue weighted by Crippen LogP contribution is -2.41. The summed E-state index contributed by atoms with van der Waals surface area (Å²) in [6.07, 6.45) is 7.08. The number of nitrogens with one attached hydrogen (secondary N) is 1. The third-order valence-corrected chi connectivity index (χ3v) is 4.14. The first-order chi connectivity index (χ1) is 7.25. The van der Waals surface area contributed by atoms with Crippen LogP contribution >= 0.6 is 0 Å². The molecule has 0 aromatic heterocycles. The van der Waals surface area contributed by atoms with Crippen LogP contribution in [-0.2, 0) is 0 Å². The van der Waals surface area contributed by atoms with Gasteiger partial charge in [-0.1, -0.05) is 19.8 Å². The summed E-state index contributed by atoms with van der Waals surface area (Å²) in [5.41, 5.74) is 0. The van der Waals surface area contributed by atoms with Crippen LogP contribution < -0.4 is 5.32 Å². The molecule has 1 heterocycles. The van der Waals surface area contributed by atoms with E-state index >= 15 is 0 Å². The highest BCUT2D eigenvalue weighted by Crippen LogP contribution is 2.19. The van der Waals surface area contributed by atoms with Crippen molar-refractivity contribution in [3.63, 3.8) is 0 Å². The van der Waals surface area contributed by atoms with Gasteiger partial charge in [-0.2, -0.15) is 0 Å². The molecule has 1 N–H and O–H groups in total. The van der Waals surface area contributed by atoms with E-state index in [1.54, 1.807) is 0 Å². The Hall–Kier alpha value is -0.0800. The van der Waals surface area contributed by atoms with Crippen LogP contribution in [0.5, 0.6) is 0 Å². The lowest BCUT2D eigenvalue weighted by Gasteiger charge is -2.26. The molecule has 2 heteroatoms. The maximum Gasteiger partial charge on any atom is 0.0192 e. The van der Waals surface area contributed by atoms with E-state index in [2.05, 4.69) is 24.1 Å². The molecule has 0 bridgehead atoms. The molecule has 0 amide bonds. The molecule has 2 nitrogen and oxygen atoms in total. The third-order valence-electron chi connectivity index (χ3n) is 4.14. The summed E-state index contributed by atoms with van der Waals surface area (Å²) in [6, 6.07) is 1.56. The molecule has 1 saturated heterocycles. The zero-order valence-corrected chi connectivity index (χ0v) is 10.3. The van der Waals surface area contributed by atoms with Crippen molar-refractivity contribution >= 4 is 0 Å². The van der Waals surface area contributed by atoms with E-state index in [4.69, 9.17) is 0 Å². The Labute approximate surface area is 94.4 Å². The predicted octanol–water partition coefficient (Wildman–Crippen LogP) is 2.25. The topological polar surface area (TPSA) is 15.3 Å². The summed E-state index contributed by atoms with van der Waals surface area (Å²) in [6.45, 7) is 8.57. The van der Waals surface area contributed by atoms with E-state index in [1.165, 1.54) is 51.7 Å². The molecule has 0 aromatic carbocycles. The van der Waals surface area contributed by atoms with Crippen LogP contribution in [0.2, 0.25) is 0 Å². The fourth-order valence-electron chi connectivity index (χ4n) is 2.97. The van der Waals surface area contributed by atoms with Crippen molar-refractivity contribution < 1.29 is 0 Å². The number of rotatable bonds is 4. The van der Waals surface area contributed by atoms with E-state index in [-0.39, 0.29) is 0 Å². The minimum Gasteiger partial charge on any atom is -0.312 e. The first-order valence-electron chi connectivity index (χ1n) is 6.73. The summed E-state index contributed by atoms with van der Waals surface area (Å²) in [5.74, 6) is 0.916. The van der Waals surface area contributed by atoms with Gasteiger partial charge in [-0.25, -0.2) is 0 Å². The van der Waals surface area contributed by atoms with Crippen molar-refractivity contribution in [2.75, 3.05) is 19.6 Å². The second kappa shape index (κ2) is 5.31. The monoisotopic (exact) mass is 210 g/mol. The second-order valence-corrected chi connectivity index (χ2v) is 5.63. The maximum atomic E-state index is 3.73. The molecule has 1 saturated carbocycles. The second-order valence-electron chi connectivity index (χ2n) is 5.63. The summed E-state index contributed by atoms with van der Waals surface area (Å²) < 4.78 is 0. The van der Waals surface area contributed by atoms with Gasteiger partial charge in [0.2, 0.25) is 0 Å². The predicted molar refractivity (Wildman–Crippen MR) is 65.1 cm³/mol.